The Balaban J connectivity index is 2.41. The van der Waals surface area contributed by atoms with Gasteiger partial charge >= 0.3 is 5.97 Å². The van der Waals surface area contributed by atoms with Gasteiger partial charge in [-0.2, -0.15) is 0 Å². The highest BCUT2D eigenvalue weighted by atomic mass is 35.5. The van der Waals surface area contributed by atoms with Crippen LogP contribution in [0.5, 0.6) is 0 Å². The van der Waals surface area contributed by atoms with Crippen LogP contribution in [0.3, 0.4) is 0 Å². The van der Waals surface area contributed by atoms with E-state index in [0.29, 0.717) is 35.1 Å². The van der Waals surface area contributed by atoms with Gasteiger partial charge in [-0.15, -0.1) is 0 Å². The van der Waals surface area contributed by atoms with Crippen molar-refractivity contribution >= 4 is 17.6 Å². The van der Waals surface area contributed by atoms with Gasteiger partial charge in [0.1, 0.15) is 0 Å². The summed E-state index contributed by atoms with van der Waals surface area (Å²) in [6.45, 7) is 4.04. The van der Waals surface area contributed by atoms with E-state index in [1.807, 2.05) is 19.1 Å². The van der Waals surface area contributed by atoms with Crippen LogP contribution in [0.4, 0.5) is 0 Å². The van der Waals surface area contributed by atoms with Crippen molar-refractivity contribution in [3.8, 4) is 11.4 Å². The molecule has 0 aliphatic carbocycles. The molecular formula is C15H15ClN2O2. The highest BCUT2D eigenvalue weighted by Crippen LogP contribution is 2.20. The van der Waals surface area contributed by atoms with Gasteiger partial charge in [-0.05, 0) is 25.5 Å². The first kappa shape index (κ1) is 14.5. The summed E-state index contributed by atoms with van der Waals surface area (Å²) < 4.78 is 5.00. The lowest BCUT2D eigenvalue weighted by molar-refractivity contribution is 0.0524. The fraction of sp³-hybridized carbons (Fsp3) is 0.267. The third kappa shape index (κ3) is 3.14. The number of carbonyl (C=O) groups excluding carboxylic acids is 1. The summed E-state index contributed by atoms with van der Waals surface area (Å²) in [5.41, 5.74) is 1.91. The molecule has 4 nitrogen and oxygen atoms in total. The van der Waals surface area contributed by atoms with Gasteiger partial charge < -0.3 is 4.74 Å². The van der Waals surface area contributed by atoms with Crippen molar-refractivity contribution < 1.29 is 9.53 Å². The summed E-state index contributed by atoms with van der Waals surface area (Å²) in [5.74, 6) is 0.166. The Morgan fingerprint density at radius 1 is 1.35 bits per heavy atom. The fourth-order valence-electron chi connectivity index (χ4n) is 1.83. The van der Waals surface area contributed by atoms with Gasteiger partial charge in [-0.1, -0.05) is 30.7 Å². The number of nitrogens with zero attached hydrogens (tertiary/aromatic N) is 2. The quantitative estimate of drug-likeness (QED) is 0.808. The van der Waals surface area contributed by atoms with E-state index in [1.54, 1.807) is 19.1 Å². The molecule has 1 aromatic carbocycles. The molecule has 0 unspecified atom stereocenters. The second kappa shape index (κ2) is 6.48. The summed E-state index contributed by atoms with van der Waals surface area (Å²) in [7, 11) is 0. The molecule has 0 aliphatic heterocycles. The number of carbonyl (C=O) groups is 1. The third-order valence-corrected chi connectivity index (χ3v) is 3.02. The molecule has 2 rings (SSSR count). The average molecular weight is 291 g/mol. The molecule has 0 aliphatic rings. The van der Waals surface area contributed by atoms with Crippen LogP contribution in [0, 0.1) is 0 Å². The number of hydrogen-bond donors (Lipinski definition) is 0. The highest BCUT2D eigenvalue weighted by Gasteiger charge is 2.15. The molecular weight excluding hydrogens is 276 g/mol. The predicted octanol–water partition coefficient (Wildman–Crippen LogP) is 3.54. The van der Waals surface area contributed by atoms with E-state index in [0.717, 1.165) is 5.56 Å². The Morgan fingerprint density at radius 2 is 2.15 bits per heavy atom. The van der Waals surface area contributed by atoms with Crippen molar-refractivity contribution in [3.05, 3.63) is 46.7 Å². The summed E-state index contributed by atoms with van der Waals surface area (Å²) in [6, 6.07) is 7.30. The van der Waals surface area contributed by atoms with Crippen LogP contribution in [0.1, 0.15) is 29.9 Å². The number of rotatable bonds is 4. The monoisotopic (exact) mass is 290 g/mol. The van der Waals surface area contributed by atoms with Crippen LogP contribution in [0.25, 0.3) is 11.4 Å². The summed E-state index contributed by atoms with van der Waals surface area (Å²) in [4.78, 5) is 20.5. The highest BCUT2D eigenvalue weighted by molar-refractivity contribution is 6.30. The normalized spacial score (nSPS) is 10.3. The number of hydrogen-bond acceptors (Lipinski definition) is 4. The molecule has 0 fully saturated rings. The van der Waals surface area contributed by atoms with Crippen molar-refractivity contribution in [3.63, 3.8) is 0 Å². The zero-order valence-electron chi connectivity index (χ0n) is 11.4. The second-order valence-corrected chi connectivity index (χ2v) is 4.57. The van der Waals surface area contributed by atoms with E-state index in [-0.39, 0.29) is 5.97 Å². The van der Waals surface area contributed by atoms with Crippen LogP contribution in [-0.2, 0) is 11.2 Å². The Morgan fingerprint density at radius 3 is 2.80 bits per heavy atom. The molecule has 0 saturated carbocycles. The zero-order valence-corrected chi connectivity index (χ0v) is 12.1. The molecule has 0 bridgehead atoms. The van der Waals surface area contributed by atoms with E-state index in [2.05, 4.69) is 9.97 Å². The first-order chi connectivity index (χ1) is 9.65. The number of benzene rings is 1. The maximum Gasteiger partial charge on any atom is 0.341 e. The molecule has 2 aromatic rings. The van der Waals surface area contributed by atoms with E-state index in [1.165, 1.54) is 6.20 Å². The molecule has 0 radical (unpaired) electrons. The fourth-order valence-corrected chi connectivity index (χ4v) is 2.02. The first-order valence-electron chi connectivity index (χ1n) is 6.44. The molecule has 0 atom stereocenters. The minimum atomic E-state index is -0.387. The Kier molecular flexibility index (Phi) is 4.69. The molecule has 0 spiro atoms. The minimum Gasteiger partial charge on any atom is -0.462 e. The maximum absolute atomic E-state index is 11.8. The van der Waals surface area contributed by atoms with Gasteiger partial charge in [0, 0.05) is 16.8 Å². The van der Waals surface area contributed by atoms with Crippen LogP contribution in [-0.4, -0.2) is 22.5 Å². The lowest BCUT2D eigenvalue weighted by Crippen LogP contribution is -2.11. The van der Waals surface area contributed by atoms with Gasteiger partial charge in [0.25, 0.3) is 0 Å². The van der Waals surface area contributed by atoms with Gasteiger partial charge in [0.05, 0.1) is 17.9 Å². The largest absolute Gasteiger partial charge is 0.462 e. The zero-order chi connectivity index (χ0) is 14.5. The molecule has 0 saturated heterocycles. The van der Waals surface area contributed by atoms with Crippen LogP contribution >= 0.6 is 11.6 Å². The summed E-state index contributed by atoms with van der Waals surface area (Å²) in [6.07, 6.45) is 2.14. The van der Waals surface area contributed by atoms with Crippen molar-refractivity contribution in [1.82, 2.24) is 9.97 Å². The van der Waals surface area contributed by atoms with Crippen molar-refractivity contribution in [2.45, 2.75) is 20.3 Å². The van der Waals surface area contributed by atoms with E-state index < -0.39 is 0 Å². The van der Waals surface area contributed by atoms with Crippen molar-refractivity contribution in [2.75, 3.05) is 6.61 Å². The Hall–Kier alpha value is -1.94. The number of ether oxygens (including phenoxy) is 1. The maximum atomic E-state index is 11.8. The third-order valence-electron chi connectivity index (χ3n) is 2.78. The van der Waals surface area contributed by atoms with Crippen LogP contribution in [0.15, 0.2) is 30.5 Å². The Bertz CT molecular complexity index is 629. The van der Waals surface area contributed by atoms with Gasteiger partial charge in [0.2, 0.25) is 0 Å². The van der Waals surface area contributed by atoms with Gasteiger partial charge in [-0.25, -0.2) is 14.8 Å². The van der Waals surface area contributed by atoms with Crippen LogP contribution < -0.4 is 0 Å². The van der Waals surface area contributed by atoms with E-state index in [9.17, 15) is 4.79 Å². The van der Waals surface area contributed by atoms with Crippen LogP contribution in [0.2, 0.25) is 5.02 Å². The predicted molar refractivity (Wildman–Crippen MR) is 77.8 cm³/mol. The molecule has 5 heteroatoms. The van der Waals surface area contributed by atoms with Crippen molar-refractivity contribution in [2.24, 2.45) is 0 Å². The van der Waals surface area contributed by atoms with E-state index >= 15 is 0 Å². The SMILES string of the molecule is CCOC(=O)c1cnc(-c2cccc(Cl)c2)nc1CC. The van der Waals surface area contributed by atoms with Crippen molar-refractivity contribution in [1.29, 1.82) is 0 Å². The van der Waals surface area contributed by atoms with E-state index in [4.69, 9.17) is 16.3 Å². The lowest BCUT2D eigenvalue weighted by Gasteiger charge is -2.08. The summed E-state index contributed by atoms with van der Waals surface area (Å²) in [5, 5.41) is 0.624. The van der Waals surface area contributed by atoms with Gasteiger partial charge in [-0.3, -0.25) is 0 Å². The minimum absolute atomic E-state index is 0.331. The lowest BCUT2D eigenvalue weighted by atomic mass is 10.1. The first-order valence-corrected chi connectivity index (χ1v) is 6.82. The molecule has 1 aromatic heterocycles. The number of aromatic nitrogens is 2. The summed E-state index contributed by atoms with van der Waals surface area (Å²) >= 11 is 5.96. The smallest absolute Gasteiger partial charge is 0.341 e. The number of esters is 1. The topological polar surface area (TPSA) is 52.1 Å². The Labute approximate surface area is 122 Å². The second-order valence-electron chi connectivity index (χ2n) is 4.14. The molecule has 0 N–H and O–H groups in total. The molecule has 20 heavy (non-hydrogen) atoms. The number of aryl methyl sites for hydroxylation is 1. The number of halogens is 1. The molecule has 0 amide bonds. The van der Waals surface area contributed by atoms with Gasteiger partial charge in [0.15, 0.2) is 5.82 Å². The average Bonchev–Trinajstić information content (AvgIpc) is 2.46. The molecule has 104 valence electrons. The standard InChI is InChI=1S/C15H15ClN2O2/c1-3-13-12(15(19)20-4-2)9-17-14(18-13)10-6-5-7-11(16)8-10/h5-9H,3-4H2,1-2H3. The molecule has 1 heterocycles.